The predicted molar refractivity (Wildman–Crippen MR) is 56.1 cm³/mol. The Labute approximate surface area is 113 Å². The van der Waals surface area contributed by atoms with E-state index in [0.29, 0.717) is 12.8 Å². The van der Waals surface area contributed by atoms with Crippen LogP contribution in [-0.2, 0) is 29.1 Å². The molecule has 0 bridgehead atoms. The fourth-order valence-corrected chi connectivity index (χ4v) is 0.333. The van der Waals surface area contributed by atoms with Gasteiger partial charge in [-0.15, -0.1) is 0 Å². The van der Waals surface area contributed by atoms with Crippen LogP contribution in [0.15, 0.2) is 0 Å². The quantitative estimate of drug-likeness (QED) is 0.510. The summed E-state index contributed by atoms with van der Waals surface area (Å²) in [6, 6.07) is 0. The van der Waals surface area contributed by atoms with Crippen LogP contribution in [0, 0.1) is 0 Å². The topological polar surface area (TPSA) is 80.3 Å². The van der Waals surface area contributed by atoms with Crippen LogP contribution in [0.4, 0.5) is 0 Å². The van der Waals surface area contributed by atoms with Gasteiger partial charge in [0.25, 0.3) is 0 Å². The van der Waals surface area contributed by atoms with E-state index in [0.717, 1.165) is 0 Å². The molecule has 2 unspecified atom stereocenters. The molecule has 0 amide bonds. The Morgan fingerprint density at radius 3 is 1.20 bits per heavy atom. The first kappa shape index (κ1) is 20.6. The first-order chi connectivity index (χ1) is 6.36. The van der Waals surface area contributed by atoms with E-state index in [1.165, 1.54) is 0 Å². The van der Waals surface area contributed by atoms with Crippen molar-refractivity contribution in [3.8, 4) is 0 Å². The van der Waals surface area contributed by atoms with Crippen LogP contribution in [0.25, 0.3) is 0 Å². The van der Waals surface area contributed by atoms with Crippen molar-refractivity contribution in [2.24, 2.45) is 0 Å². The fraction of sp³-hybridized carbons (Fsp3) is 0.750. The third-order valence-electron chi connectivity index (χ3n) is 1.32. The molecule has 4 nitrogen and oxygen atoms in total. The van der Waals surface area contributed by atoms with Gasteiger partial charge in [0.15, 0.2) is 0 Å². The number of hydrogen-bond donors (Lipinski definition) is 2. The Hall–Kier alpha value is 0.263. The summed E-state index contributed by atoms with van der Waals surface area (Å²) < 4.78 is 0. The van der Waals surface area contributed by atoms with Gasteiger partial charge < -0.3 is 19.8 Å². The number of carboxylic acid groups (broad SMARTS) is 2. The van der Waals surface area contributed by atoms with Crippen molar-refractivity contribution >= 4 is 37.2 Å². The predicted octanol–water partition coefficient (Wildman–Crippen LogP) is -1.11. The molecule has 0 aliphatic rings. The molecule has 15 heavy (non-hydrogen) atoms. The zero-order chi connectivity index (χ0) is 11.7. The molecular formula is C8H14O4S2Zn. The summed E-state index contributed by atoms with van der Waals surface area (Å²) in [4.78, 5) is 19.5. The van der Waals surface area contributed by atoms with Gasteiger partial charge in [0.1, 0.15) is 0 Å². The van der Waals surface area contributed by atoms with Crippen molar-refractivity contribution in [2.75, 3.05) is 0 Å². The maximum atomic E-state index is 9.74. The van der Waals surface area contributed by atoms with Gasteiger partial charge in [-0.2, -0.15) is 25.3 Å². The van der Waals surface area contributed by atoms with Crippen LogP contribution in [0.1, 0.15) is 26.7 Å². The molecule has 0 aliphatic carbocycles. The van der Waals surface area contributed by atoms with Crippen LogP contribution in [0.3, 0.4) is 0 Å². The van der Waals surface area contributed by atoms with Crippen molar-refractivity contribution in [1.82, 2.24) is 0 Å². The molecule has 0 rings (SSSR count). The number of thiol groups is 2. The van der Waals surface area contributed by atoms with Crippen LogP contribution in [-0.4, -0.2) is 22.4 Å². The molecule has 0 aromatic carbocycles. The minimum Gasteiger partial charge on any atom is -0.549 e. The van der Waals surface area contributed by atoms with E-state index < -0.39 is 22.4 Å². The fourth-order valence-electron chi connectivity index (χ4n) is 0.333. The van der Waals surface area contributed by atoms with Gasteiger partial charge in [-0.05, 0) is 12.8 Å². The van der Waals surface area contributed by atoms with Crippen LogP contribution >= 0.6 is 25.3 Å². The minimum absolute atomic E-state index is 0. The molecule has 84 valence electrons. The second-order valence-corrected chi connectivity index (χ2v) is 3.73. The summed E-state index contributed by atoms with van der Waals surface area (Å²) in [5, 5.41) is 18.3. The first-order valence-corrected chi connectivity index (χ1v) is 5.17. The average Bonchev–Trinajstić information content (AvgIpc) is 2.15. The summed E-state index contributed by atoms with van der Waals surface area (Å²) in [5.41, 5.74) is 0. The van der Waals surface area contributed by atoms with E-state index in [4.69, 9.17) is 0 Å². The maximum Gasteiger partial charge on any atom is 2.00 e. The maximum absolute atomic E-state index is 9.74. The SMILES string of the molecule is CCC(S)C(=O)[O-].CCC(S)C(=O)[O-].[Zn+2]. The number of carbonyl (C=O) groups excluding carboxylic acids is 2. The molecule has 0 aromatic rings. The monoisotopic (exact) mass is 302 g/mol. The summed E-state index contributed by atoms with van der Waals surface area (Å²) in [5.74, 6) is -2.18. The van der Waals surface area contributed by atoms with E-state index in [9.17, 15) is 19.8 Å². The second kappa shape index (κ2) is 12.3. The third kappa shape index (κ3) is 14.3. The molecule has 2 atom stereocenters. The van der Waals surface area contributed by atoms with Gasteiger partial charge in [-0.1, -0.05) is 13.8 Å². The molecule has 0 heterocycles. The molecule has 0 aliphatic heterocycles. The number of rotatable bonds is 4. The average molecular weight is 304 g/mol. The first-order valence-electron chi connectivity index (χ1n) is 4.14. The van der Waals surface area contributed by atoms with Crippen molar-refractivity contribution in [1.29, 1.82) is 0 Å². The molecule has 0 aromatic heterocycles. The number of carboxylic acids is 2. The van der Waals surface area contributed by atoms with Gasteiger partial charge in [-0.3, -0.25) is 0 Å². The van der Waals surface area contributed by atoms with Crippen molar-refractivity contribution in [2.45, 2.75) is 37.2 Å². The van der Waals surface area contributed by atoms with Crippen molar-refractivity contribution in [3.63, 3.8) is 0 Å². The van der Waals surface area contributed by atoms with Crippen LogP contribution in [0.2, 0.25) is 0 Å². The summed E-state index contributed by atoms with van der Waals surface area (Å²) in [6.07, 6.45) is 1.04. The Balaban J connectivity index is -0.000000180. The molecule has 0 fully saturated rings. The zero-order valence-corrected chi connectivity index (χ0v) is 13.6. The molecule has 0 spiro atoms. The Bertz CT molecular complexity index is 169. The molecular weight excluding hydrogens is 290 g/mol. The summed E-state index contributed by atoms with van der Waals surface area (Å²) in [6.45, 7) is 3.49. The molecule has 0 saturated heterocycles. The van der Waals surface area contributed by atoms with Gasteiger partial charge in [0.2, 0.25) is 0 Å². The standard InChI is InChI=1S/2C4H8O2S.Zn/c2*1-2-3(7)4(5)6;/h2*3,7H,2H2,1H3,(H,5,6);/q;;+2/p-2. The molecule has 0 saturated carbocycles. The smallest absolute Gasteiger partial charge is 0.549 e. The molecule has 0 radical (unpaired) electrons. The van der Waals surface area contributed by atoms with Crippen LogP contribution < -0.4 is 10.2 Å². The number of aliphatic carboxylic acids is 2. The summed E-state index contributed by atoms with van der Waals surface area (Å²) in [7, 11) is 0. The normalized spacial score (nSPS) is 12.5. The zero-order valence-electron chi connectivity index (χ0n) is 8.80. The number of carbonyl (C=O) groups is 2. The molecule has 7 heteroatoms. The number of hydrogen-bond acceptors (Lipinski definition) is 6. The second-order valence-electron chi connectivity index (χ2n) is 2.49. The van der Waals surface area contributed by atoms with E-state index in [1.807, 2.05) is 0 Å². The van der Waals surface area contributed by atoms with Crippen molar-refractivity contribution in [3.05, 3.63) is 0 Å². The Morgan fingerprint density at radius 2 is 1.20 bits per heavy atom. The van der Waals surface area contributed by atoms with Gasteiger partial charge in [-0.25, -0.2) is 0 Å². The Kier molecular flexibility index (Phi) is 17.0. The Morgan fingerprint density at radius 1 is 1.00 bits per heavy atom. The van der Waals surface area contributed by atoms with Crippen molar-refractivity contribution < 1.29 is 39.3 Å². The van der Waals surface area contributed by atoms with Gasteiger partial charge in [0, 0.05) is 10.5 Å². The molecule has 0 N–H and O–H groups in total. The van der Waals surface area contributed by atoms with E-state index in [2.05, 4.69) is 25.3 Å². The van der Waals surface area contributed by atoms with E-state index >= 15 is 0 Å². The minimum atomic E-state index is -1.09. The van der Waals surface area contributed by atoms with Gasteiger partial charge >= 0.3 is 19.5 Å². The van der Waals surface area contributed by atoms with E-state index in [1.54, 1.807) is 13.8 Å². The largest absolute Gasteiger partial charge is 2.00 e. The van der Waals surface area contributed by atoms with Crippen LogP contribution in [0.5, 0.6) is 0 Å². The third-order valence-corrected chi connectivity index (χ3v) is 2.47. The summed E-state index contributed by atoms with van der Waals surface area (Å²) >= 11 is 7.33. The van der Waals surface area contributed by atoms with Gasteiger partial charge in [0.05, 0.1) is 11.9 Å². The van der Waals surface area contributed by atoms with E-state index in [-0.39, 0.29) is 19.5 Å².